The third kappa shape index (κ3) is 5.15. The molecule has 0 amide bonds. The van der Waals surface area contributed by atoms with Crippen molar-refractivity contribution >= 4 is 94.5 Å². The van der Waals surface area contributed by atoms with Crippen molar-refractivity contribution in [3.63, 3.8) is 0 Å². The Labute approximate surface area is 352 Å². The van der Waals surface area contributed by atoms with E-state index in [0.717, 1.165) is 40.3 Å². The van der Waals surface area contributed by atoms with Crippen molar-refractivity contribution in [1.29, 1.82) is 0 Å². The number of hydrogen-bond acceptors (Lipinski definition) is 5. The molecule has 13 rings (SSSR count). The fourth-order valence-electron chi connectivity index (χ4n) is 9.61. The van der Waals surface area contributed by atoms with Crippen molar-refractivity contribution in [2.45, 2.75) is 12.3 Å². The number of aromatic nitrogens is 2. The SMILES string of the molecule is c1ccc(-c2cc(-c3cccc4c3sc3ccccc34)nc(-c3cccc4sc5ccc(C6Cc7ccc8c(sc9ccccc98)c7-c7ccccc76)cc5c34)n2)cc1. The van der Waals surface area contributed by atoms with Crippen LogP contribution in [0.25, 0.3) is 106 Å². The van der Waals surface area contributed by atoms with Crippen molar-refractivity contribution in [2.24, 2.45) is 0 Å². The van der Waals surface area contributed by atoms with E-state index in [9.17, 15) is 0 Å². The van der Waals surface area contributed by atoms with Gasteiger partial charge in [-0.2, -0.15) is 0 Å². The van der Waals surface area contributed by atoms with Gasteiger partial charge in [0.15, 0.2) is 5.82 Å². The number of thiophene rings is 3. The predicted molar refractivity (Wildman–Crippen MR) is 254 cm³/mol. The Balaban J connectivity index is 0.994. The summed E-state index contributed by atoms with van der Waals surface area (Å²) in [5.41, 5.74) is 12.1. The molecule has 0 saturated carbocycles. The van der Waals surface area contributed by atoms with Gasteiger partial charge >= 0.3 is 0 Å². The molecule has 5 heteroatoms. The monoisotopic (exact) mass is 804 g/mol. The summed E-state index contributed by atoms with van der Waals surface area (Å²) in [6.45, 7) is 0. The van der Waals surface area contributed by atoms with Gasteiger partial charge < -0.3 is 0 Å². The van der Waals surface area contributed by atoms with Crippen LogP contribution in [0.15, 0.2) is 176 Å². The molecule has 0 radical (unpaired) electrons. The van der Waals surface area contributed by atoms with Gasteiger partial charge in [0.25, 0.3) is 0 Å². The highest BCUT2D eigenvalue weighted by Crippen LogP contribution is 2.50. The molecule has 1 unspecified atom stereocenters. The second kappa shape index (κ2) is 13.0. The van der Waals surface area contributed by atoms with Gasteiger partial charge in [-0.15, -0.1) is 34.0 Å². The fourth-order valence-corrected chi connectivity index (χ4v) is 13.2. The van der Waals surface area contributed by atoms with E-state index in [1.165, 1.54) is 88.3 Å². The first-order valence-electron chi connectivity index (χ1n) is 20.1. The van der Waals surface area contributed by atoms with E-state index in [0.29, 0.717) is 0 Å². The molecule has 8 aromatic carbocycles. The Morgan fingerprint density at radius 1 is 0.424 bits per heavy atom. The van der Waals surface area contributed by atoms with Crippen LogP contribution in [0.2, 0.25) is 0 Å². The third-order valence-corrected chi connectivity index (χ3v) is 15.9. The minimum Gasteiger partial charge on any atom is -0.228 e. The van der Waals surface area contributed by atoms with Crippen LogP contribution in [-0.2, 0) is 6.42 Å². The van der Waals surface area contributed by atoms with Crippen molar-refractivity contribution < 1.29 is 0 Å². The first-order chi connectivity index (χ1) is 29.2. The van der Waals surface area contributed by atoms with E-state index >= 15 is 0 Å². The lowest BCUT2D eigenvalue weighted by atomic mass is 9.75. The molecule has 0 spiro atoms. The highest BCUT2D eigenvalue weighted by Gasteiger charge is 2.29. The summed E-state index contributed by atoms with van der Waals surface area (Å²) in [5.74, 6) is 0.988. The molecule has 0 N–H and O–H groups in total. The highest BCUT2D eigenvalue weighted by molar-refractivity contribution is 7.27. The minimum absolute atomic E-state index is 0.239. The van der Waals surface area contributed by atoms with Crippen molar-refractivity contribution in [2.75, 3.05) is 0 Å². The molecule has 1 aliphatic carbocycles. The molecule has 4 aromatic heterocycles. The molecule has 4 heterocycles. The van der Waals surface area contributed by atoms with E-state index in [1.54, 1.807) is 0 Å². The largest absolute Gasteiger partial charge is 0.228 e. The van der Waals surface area contributed by atoms with Crippen LogP contribution in [0.3, 0.4) is 0 Å². The second-order valence-corrected chi connectivity index (χ2v) is 18.8. The Bertz CT molecular complexity index is 3670. The predicted octanol–water partition coefficient (Wildman–Crippen LogP) is 15.9. The number of nitrogens with zero attached hydrogens (tertiary/aromatic N) is 2. The van der Waals surface area contributed by atoms with E-state index < -0.39 is 0 Å². The molecule has 59 heavy (non-hydrogen) atoms. The summed E-state index contributed by atoms with van der Waals surface area (Å²) < 4.78 is 7.82. The summed E-state index contributed by atoms with van der Waals surface area (Å²) in [7, 11) is 0. The van der Waals surface area contributed by atoms with Crippen LogP contribution in [-0.4, -0.2) is 9.97 Å². The summed E-state index contributed by atoms with van der Waals surface area (Å²) in [6.07, 6.45) is 0.964. The first-order valence-corrected chi connectivity index (χ1v) is 22.5. The maximum Gasteiger partial charge on any atom is 0.161 e. The molecular weight excluding hydrogens is 773 g/mol. The topological polar surface area (TPSA) is 25.8 Å². The number of benzene rings is 8. The molecule has 0 bridgehead atoms. The van der Waals surface area contributed by atoms with E-state index in [1.807, 2.05) is 34.0 Å². The highest BCUT2D eigenvalue weighted by atomic mass is 32.1. The van der Waals surface area contributed by atoms with Crippen molar-refractivity contribution in [1.82, 2.24) is 9.97 Å². The molecule has 1 aliphatic rings. The minimum atomic E-state index is 0.239. The maximum atomic E-state index is 5.46. The van der Waals surface area contributed by atoms with Gasteiger partial charge in [-0.3, -0.25) is 0 Å². The summed E-state index contributed by atoms with van der Waals surface area (Å²) in [4.78, 5) is 10.8. The Hall–Kier alpha value is -6.50. The Morgan fingerprint density at radius 3 is 1.93 bits per heavy atom. The number of fused-ring (bicyclic) bond motifs is 13. The third-order valence-electron chi connectivity index (χ3n) is 12.3. The van der Waals surface area contributed by atoms with Crippen LogP contribution in [0.4, 0.5) is 0 Å². The molecule has 0 aliphatic heterocycles. The van der Waals surface area contributed by atoms with Crippen molar-refractivity contribution in [3.05, 3.63) is 193 Å². The van der Waals surface area contributed by atoms with Crippen molar-refractivity contribution in [3.8, 4) is 45.0 Å². The van der Waals surface area contributed by atoms with Gasteiger partial charge in [0.2, 0.25) is 0 Å². The van der Waals surface area contributed by atoms with Gasteiger partial charge in [0.1, 0.15) is 0 Å². The van der Waals surface area contributed by atoms with Gasteiger partial charge in [-0.25, -0.2) is 9.97 Å². The molecule has 0 saturated heterocycles. The lowest BCUT2D eigenvalue weighted by Gasteiger charge is -2.29. The lowest BCUT2D eigenvalue weighted by Crippen LogP contribution is -2.12. The van der Waals surface area contributed by atoms with Crippen LogP contribution in [0.5, 0.6) is 0 Å². The number of hydrogen-bond donors (Lipinski definition) is 0. The van der Waals surface area contributed by atoms with E-state index in [4.69, 9.17) is 9.97 Å². The normalized spacial score (nSPS) is 13.9. The average Bonchev–Trinajstić information content (AvgIpc) is 4.00. The summed E-state index contributed by atoms with van der Waals surface area (Å²) in [5, 5.41) is 7.75. The van der Waals surface area contributed by atoms with E-state index in [-0.39, 0.29) is 5.92 Å². The summed E-state index contributed by atoms with van der Waals surface area (Å²) in [6, 6.07) is 64.6. The smallest absolute Gasteiger partial charge is 0.161 e. The zero-order valence-corrected chi connectivity index (χ0v) is 34.1. The van der Waals surface area contributed by atoms with Gasteiger partial charge in [0.05, 0.1) is 11.4 Å². The maximum absolute atomic E-state index is 5.46. The Kier molecular flexibility index (Phi) is 7.38. The van der Waals surface area contributed by atoms with Crippen LogP contribution in [0.1, 0.15) is 22.6 Å². The van der Waals surface area contributed by atoms with Gasteiger partial charge in [0, 0.05) is 88.7 Å². The second-order valence-electron chi connectivity index (χ2n) is 15.6. The van der Waals surface area contributed by atoms with Gasteiger partial charge in [-0.05, 0) is 65.1 Å². The Morgan fingerprint density at radius 2 is 1.07 bits per heavy atom. The van der Waals surface area contributed by atoms with Crippen LogP contribution >= 0.6 is 34.0 Å². The molecule has 1 atom stereocenters. The summed E-state index contributed by atoms with van der Waals surface area (Å²) >= 11 is 5.63. The average molecular weight is 805 g/mol. The molecular formula is C54H32N2S3. The fraction of sp³-hybridized carbons (Fsp3) is 0.0370. The van der Waals surface area contributed by atoms with Crippen LogP contribution in [0, 0.1) is 0 Å². The number of rotatable bonds is 4. The molecule has 276 valence electrons. The van der Waals surface area contributed by atoms with Gasteiger partial charge in [-0.1, -0.05) is 140 Å². The quantitative estimate of drug-likeness (QED) is 0.177. The molecule has 12 aromatic rings. The lowest BCUT2D eigenvalue weighted by molar-refractivity contribution is 0.797. The van der Waals surface area contributed by atoms with E-state index in [2.05, 4.69) is 176 Å². The zero-order chi connectivity index (χ0) is 38.6. The standard InChI is InChI=1S/C54H32N2S3/c1-2-12-31(13-3-1)44-30-45(40-19-10-18-38-35-15-6-8-21-46(35)58-52(38)40)56-54(55-44)41-20-11-23-49-51(41)43-28-32(25-27-48(43)57-49)42-29-33-24-26-39-36-16-7-9-22-47(36)59-53(39)50(33)37-17-5-4-14-34(37)42/h1-28,30,42H,29H2. The zero-order valence-electron chi connectivity index (χ0n) is 31.6. The molecule has 2 nitrogen and oxygen atoms in total. The first kappa shape index (κ1) is 33.5. The van der Waals surface area contributed by atoms with Crippen LogP contribution < -0.4 is 0 Å². The molecule has 0 fully saturated rings.